The summed E-state index contributed by atoms with van der Waals surface area (Å²) < 4.78 is 0. The number of aryl methyl sites for hydroxylation is 2. The van der Waals surface area contributed by atoms with Gasteiger partial charge in [-0.05, 0) is 58.6 Å². The van der Waals surface area contributed by atoms with Gasteiger partial charge in [-0.25, -0.2) is 9.97 Å². The maximum atomic E-state index is 12.9. The normalized spacial score (nSPS) is 18.7. The molecule has 2 aromatic rings. The van der Waals surface area contributed by atoms with Crippen LogP contribution >= 0.6 is 0 Å². The summed E-state index contributed by atoms with van der Waals surface area (Å²) in [4.78, 5) is 41.7. The van der Waals surface area contributed by atoms with Gasteiger partial charge in [-0.15, -0.1) is 0 Å². The Balaban J connectivity index is 2.10. The molecule has 1 unspecified atom stereocenters. The van der Waals surface area contributed by atoms with Gasteiger partial charge in [0.15, 0.2) is 0 Å². The van der Waals surface area contributed by atoms with Gasteiger partial charge < -0.3 is 14.9 Å². The van der Waals surface area contributed by atoms with Crippen molar-refractivity contribution in [1.82, 2.24) is 24.8 Å². The van der Waals surface area contributed by atoms with Gasteiger partial charge in [0, 0.05) is 25.1 Å². The minimum atomic E-state index is -0.700. The Kier molecular flexibility index (Phi) is 6.03. The van der Waals surface area contributed by atoms with E-state index in [1.54, 1.807) is 38.4 Å². The zero-order valence-corrected chi connectivity index (χ0v) is 17.1. The second kappa shape index (κ2) is 8.48. The molecule has 152 valence electrons. The van der Waals surface area contributed by atoms with Crippen LogP contribution < -0.4 is 0 Å². The monoisotopic (exact) mass is 395 g/mol. The Morgan fingerprint density at radius 1 is 1.21 bits per heavy atom. The van der Waals surface area contributed by atoms with Crippen LogP contribution in [0.25, 0.3) is 5.76 Å². The number of aliphatic hydroxyl groups excluding tert-OH is 1. The third-order valence-electron chi connectivity index (χ3n) is 4.92. The van der Waals surface area contributed by atoms with Gasteiger partial charge in [0.2, 0.25) is 0 Å². The molecule has 2 aromatic heterocycles. The highest BCUT2D eigenvalue weighted by molar-refractivity contribution is 6.46. The number of pyridine rings is 1. The first-order valence-electron chi connectivity index (χ1n) is 9.45. The van der Waals surface area contributed by atoms with Crippen molar-refractivity contribution >= 4 is 17.4 Å². The Morgan fingerprint density at radius 3 is 2.52 bits per heavy atom. The van der Waals surface area contributed by atoms with E-state index >= 15 is 0 Å². The molecule has 0 aliphatic carbocycles. The SMILES string of the molecule is Cc1ncc(/C(O)=C2\C(=O)C(=O)N(CCCN(C)C)C2c2ccncc2)c(C)n1. The molecule has 0 saturated carbocycles. The second-order valence-electron chi connectivity index (χ2n) is 7.35. The van der Waals surface area contributed by atoms with E-state index in [-0.39, 0.29) is 11.3 Å². The van der Waals surface area contributed by atoms with Gasteiger partial charge in [0.1, 0.15) is 11.6 Å². The standard InChI is InChI=1S/C21H25N5O3/c1-13-16(12-23-14(2)24-13)19(27)17-18(15-6-8-22-9-7-15)26(21(29)20(17)28)11-5-10-25(3)4/h6-9,12,18,27H,5,10-11H2,1-4H3/b19-17+. The van der Waals surface area contributed by atoms with Gasteiger partial charge in [-0.2, -0.15) is 0 Å². The van der Waals surface area contributed by atoms with Crippen LogP contribution in [0.3, 0.4) is 0 Å². The lowest BCUT2D eigenvalue weighted by Gasteiger charge is -2.25. The van der Waals surface area contributed by atoms with Crippen molar-refractivity contribution < 1.29 is 14.7 Å². The number of ketones is 1. The summed E-state index contributed by atoms with van der Waals surface area (Å²) in [7, 11) is 3.91. The molecule has 3 rings (SSSR count). The smallest absolute Gasteiger partial charge is 0.295 e. The molecule has 1 amide bonds. The van der Waals surface area contributed by atoms with E-state index in [9.17, 15) is 14.7 Å². The predicted octanol–water partition coefficient (Wildman–Crippen LogP) is 1.86. The number of aromatic nitrogens is 3. The van der Waals surface area contributed by atoms with Gasteiger partial charge in [-0.3, -0.25) is 14.6 Å². The average molecular weight is 395 g/mol. The maximum Gasteiger partial charge on any atom is 0.295 e. The van der Waals surface area contributed by atoms with Crippen molar-refractivity contribution in [2.45, 2.75) is 26.3 Å². The van der Waals surface area contributed by atoms with E-state index < -0.39 is 17.7 Å². The summed E-state index contributed by atoms with van der Waals surface area (Å²) in [5.74, 6) is -1.00. The molecule has 29 heavy (non-hydrogen) atoms. The van der Waals surface area contributed by atoms with E-state index in [1.165, 1.54) is 11.1 Å². The van der Waals surface area contributed by atoms with Crippen molar-refractivity contribution in [3.8, 4) is 0 Å². The zero-order chi connectivity index (χ0) is 21.1. The van der Waals surface area contributed by atoms with Gasteiger partial charge in [-0.1, -0.05) is 0 Å². The first-order valence-corrected chi connectivity index (χ1v) is 9.45. The van der Waals surface area contributed by atoms with Gasteiger partial charge in [0.25, 0.3) is 11.7 Å². The number of rotatable bonds is 6. The Morgan fingerprint density at radius 2 is 1.90 bits per heavy atom. The van der Waals surface area contributed by atoms with E-state index in [2.05, 4.69) is 15.0 Å². The predicted molar refractivity (Wildman–Crippen MR) is 108 cm³/mol. The topological polar surface area (TPSA) is 99.5 Å². The molecule has 1 atom stereocenters. The largest absolute Gasteiger partial charge is 0.507 e. The van der Waals surface area contributed by atoms with Crippen LogP contribution in [0, 0.1) is 13.8 Å². The van der Waals surface area contributed by atoms with Crippen LogP contribution in [0.2, 0.25) is 0 Å². The summed E-state index contributed by atoms with van der Waals surface area (Å²) >= 11 is 0. The fourth-order valence-corrected chi connectivity index (χ4v) is 3.52. The lowest BCUT2D eigenvalue weighted by atomic mass is 9.96. The quantitative estimate of drug-likeness (QED) is 0.453. The fourth-order valence-electron chi connectivity index (χ4n) is 3.52. The highest BCUT2D eigenvalue weighted by Gasteiger charge is 2.46. The summed E-state index contributed by atoms with van der Waals surface area (Å²) in [5, 5.41) is 11.0. The molecule has 1 saturated heterocycles. The second-order valence-corrected chi connectivity index (χ2v) is 7.35. The molecular formula is C21H25N5O3. The number of amides is 1. The lowest BCUT2D eigenvalue weighted by molar-refractivity contribution is -0.139. The zero-order valence-electron chi connectivity index (χ0n) is 17.1. The van der Waals surface area contributed by atoms with E-state index in [0.29, 0.717) is 30.0 Å². The molecular weight excluding hydrogens is 370 g/mol. The molecule has 0 bridgehead atoms. The number of carbonyl (C=O) groups is 2. The van der Waals surface area contributed by atoms with Gasteiger partial charge in [0.05, 0.1) is 22.9 Å². The van der Waals surface area contributed by atoms with Gasteiger partial charge >= 0.3 is 0 Å². The minimum absolute atomic E-state index is 0.0570. The van der Waals surface area contributed by atoms with Crippen LogP contribution in [-0.2, 0) is 9.59 Å². The first kappa shape index (κ1) is 20.6. The maximum absolute atomic E-state index is 12.9. The number of hydrogen-bond acceptors (Lipinski definition) is 7. The van der Waals surface area contributed by atoms with Crippen LogP contribution in [0.1, 0.15) is 35.1 Å². The number of nitrogens with zero attached hydrogens (tertiary/aromatic N) is 5. The summed E-state index contributed by atoms with van der Waals surface area (Å²) in [6, 6.07) is 2.82. The number of carbonyl (C=O) groups excluding carboxylic acids is 2. The first-order chi connectivity index (χ1) is 13.8. The molecule has 1 aliphatic rings. The summed E-state index contributed by atoms with van der Waals surface area (Å²) in [6.45, 7) is 4.66. The molecule has 8 heteroatoms. The molecule has 0 radical (unpaired) electrons. The molecule has 1 aliphatic heterocycles. The third-order valence-corrected chi connectivity index (χ3v) is 4.92. The Labute approximate surface area is 169 Å². The van der Waals surface area contributed by atoms with E-state index in [1.807, 2.05) is 19.0 Å². The van der Waals surface area contributed by atoms with Crippen LogP contribution in [0.5, 0.6) is 0 Å². The van der Waals surface area contributed by atoms with Crippen LogP contribution in [0.15, 0.2) is 36.3 Å². The molecule has 1 N–H and O–H groups in total. The third kappa shape index (κ3) is 4.17. The molecule has 0 aromatic carbocycles. The average Bonchev–Trinajstić information content (AvgIpc) is 2.93. The van der Waals surface area contributed by atoms with Crippen LogP contribution in [-0.4, -0.2) is 68.7 Å². The number of aliphatic hydroxyl groups is 1. The highest BCUT2D eigenvalue weighted by atomic mass is 16.3. The fraction of sp³-hybridized carbons (Fsp3) is 0.381. The molecule has 8 nitrogen and oxygen atoms in total. The van der Waals surface area contributed by atoms with E-state index in [4.69, 9.17) is 0 Å². The van der Waals surface area contributed by atoms with Crippen molar-refractivity contribution in [3.05, 3.63) is 58.9 Å². The Bertz CT molecular complexity index is 956. The highest BCUT2D eigenvalue weighted by Crippen LogP contribution is 2.39. The van der Waals surface area contributed by atoms with Crippen molar-refractivity contribution in [2.75, 3.05) is 27.2 Å². The van der Waals surface area contributed by atoms with Crippen molar-refractivity contribution in [2.24, 2.45) is 0 Å². The number of likely N-dealkylation sites (tertiary alicyclic amines) is 1. The molecule has 1 fully saturated rings. The molecule has 0 spiro atoms. The van der Waals surface area contributed by atoms with Crippen molar-refractivity contribution in [1.29, 1.82) is 0 Å². The minimum Gasteiger partial charge on any atom is -0.507 e. The lowest BCUT2D eigenvalue weighted by Crippen LogP contribution is -2.32. The summed E-state index contributed by atoms with van der Waals surface area (Å²) in [5.41, 5.74) is 1.67. The summed E-state index contributed by atoms with van der Waals surface area (Å²) in [6.07, 6.45) is 5.40. The van der Waals surface area contributed by atoms with E-state index in [0.717, 1.165) is 12.1 Å². The number of Topliss-reactive ketones (excluding diaryl/α,β-unsaturated/α-hetero) is 1. The Hall–Kier alpha value is -3.13. The van der Waals surface area contributed by atoms with Crippen LogP contribution in [0.4, 0.5) is 0 Å². The number of hydrogen-bond donors (Lipinski definition) is 1. The molecule has 3 heterocycles. The van der Waals surface area contributed by atoms with Crippen molar-refractivity contribution in [3.63, 3.8) is 0 Å².